The molecule has 0 aliphatic heterocycles. The SMILES string of the molecule is CC(O)(Cc1nc(-c2ccccc2)cs1)C1CC1. The van der Waals surface area contributed by atoms with Gasteiger partial charge in [0.1, 0.15) is 0 Å². The summed E-state index contributed by atoms with van der Waals surface area (Å²) in [5.41, 5.74) is 1.58. The van der Waals surface area contributed by atoms with Gasteiger partial charge < -0.3 is 5.11 Å². The van der Waals surface area contributed by atoms with Gasteiger partial charge in [-0.15, -0.1) is 11.3 Å². The van der Waals surface area contributed by atoms with Gasteiger partial charge in [0.2, 0.25) is 0 Å². The van der Waals surface area contributed by atoms with E-state index < -0.39 is 5.60 Å². The molecule has 0 spiro atoms. The molecule has 94 valence electrons. The van der Waals surface area contributed by atoms with Gasteiger partial charge in [-0.25, -0.2) is 4.98 Å². The predicted molar refractivity (Wildman–Crippen MR) is 74.6 cm³/mol. The van der Waals surface area contributed by atoms with E-state index in [-0.39, 0.29) is 0 Å². The molecule has 2 nitrogen and oxygen atoms in total. The Morgan fingerprint density at radius 3 is 2.72 bits per heavy atom. The van der Waals surface area contributed by atoms with E-state index in [1.807, 2.05) is 25.1 Å². The van der Waals surface area contributed by atoms with Crippen LogP contribution in [0.15, 0.2) is 35.7 Å². The minimum absolute atomic E-state index is 0.474. The standard InChI is InChI=1S/C15H17NOS/c1-15(17,12-7-8-12)9-14-16-13(10-18-14)11-5-3-2-4-6-11/h2-6,10,12,17H,7-9H2,1H3. The van der Waals surface area contributed by atoms with Gasteiger partial charge in [0.25, 0.3) is 0 Å². The van der Waals surface area contributed by atoms with Crippen molar-refractivity contribution in [3.63, 3.8) is 0 Å². The second kappa shape index (κ2) is 4.48. The summed E-state index contributed by atoms with van der Waals surface area (Å²) < 4.78 is 0. The fraction of sp³-hybridized carbons (Fsp3) is 0.400. The van der Waals surface area contributed by atoms with Crippen LogP contribution in [0.1, 0.15) is 24.8 Å². The van der Waals surface area contributed by atoms with Gasteiger partial charge in [0, 0.05) is 17.4 Å². The van der Waals surface area contributed by atoms with Gasteiger partial charge in [0.05, 0.1) is 16.3 Å². The summed E-state index contributed by atoms with van der Waals surface area (Å²) in [6.07, 6.45) is 2.99. The van der Waals surface area contributed by atoms with Crippen molar-refractivity contribution in [1.82, 2.24) is 4.98 Å². The van der Waals surface area contributed by atoms with Crippen molar-refractivity contribution in [1.29, 1.82) is 0 Å². The predicted octanol–water partition coefficient (Wildman–Crippen LogP) is 3.51. The number of hydrogen-bond donors (Lipinski definition) is 1. The largest absolute Gasteiger partial charge is 0.389 e. The van der Waals surface area contributed by atoms with E-state index in [0.29, 0.717) is 12.3 Å². The van der Waals surface area contributed by atoms with E-state index in [1.54, 1.807) is 11.3 Å². The Labute approximate surface area is 111 Å². The van der Waals surface area contributed by atoms with Crippen LogP contribution in [-0.4, -0.2) is 15.7 Å². The van der Waals surface area contributed by atoms with E-state index in [1.165, 1.54) is 0 Å². The molecule has 1 aliphatic carbocycles. The van der Waals surface area contributed by atoms with Crippen LogP contribution < -0.4 is 0 Å². The number of hydrogen-bond acceptors (Lipinski definition) is 3. The maximum absolute atomic E-state index is 10.4. The molecule has 1 aliphatic rings. The monoisotopic (exact) mass is 259 g/mol. The second-order valence-electron chi connectivity index (χ2n) is 5.30. The van der Waals surface area contributed by atoms with Crippen molar-refractivity contribution in [2.45, 2.75) is 31.8 Å². The van der Waals surface area contributed by atoms with Gasteiger partial charge in [-0.3, -0.25) is 0 Å². The average molecular weight is 259 g/mol. The summed E-state index contributed by atoms with van der Waals surface area (Å²) in [5.74, 6) is 0.474. The Hall–Kier alpha value is -1.19. The molecule has 1 heterocycles. The minimum atomic E-state index is -0.578. The third-order valence-corrected chi connectivity index (χ3v) is 4.44. The first-order valence-corrected chi connectivity index (χ1v) is 7.25. The number of aromatic nitrogens is 1. The first-order chi connectivity index (χ1) is 8.65. The van der Waals surface area contributed by atoms with Gasteiger partial charge in [-0.1, -0.05) is 30.3 Å². The normalized spacial score (nSPS) is 18.6. The van der Waals surface area contributed by atoms with Crippen molar-refractivity contribution in [3.05, 3.63) is 40.7 Å². The topological polar surface area (TPSA) is 33.1 Å². The van der Waals surface area contributed by atoms with E-state index in [0.717, 1.165) is 29.1 Å². The third kappa shape index (κ3) is 2.47. The Bertz CT molecular complexity index is 528. The Morgan fingerprint density at radius 2 is 2.06 bits per heavy atom. The number of aliphatic hydroxyl groups is 1. The van der Waals surface area contributed by atoms with Crippen LogP contribution in [0.5, 0.6) is 0 Å². The highest BCUT2D eigenvalue weighted by Gasteiger charge is 2.40. The highest BCUT2D eigenvalue weighted by molar-refractivity contribution is 7.09. The zero-order valence-corrected chi connectivity index (χ0v) is 11.3. The number of benzene rings is 1. The molecule has 2 aromatic rings. The zero-order chi connectivity index (χ0) is 12.6. The fourth-order valence-electron chi connectivity index (χ4n) is 2.29. The molecule has 1 atom stereocenters. The van der Waals surface area contributed by atoms with Crippen LogP contribution in [0.25, 0.3) is 11.3 Å². The first kappa shape index (κ1) is 11.9. The summed E-state index contributed by atoms with van der Waals surface area (Å²) in [6, 6.07) is 10.2. The first-order valence-electron chi connectivity index (χ1n) is 6.37. The molecule has 0 saturated heterocycles. The average Bonchev–Trinajstić information content (AvgIpc) is 3.13. The van der Waals surface area contributed by atoms with Crippen LogP contribution in [0.3, 0.4) is 0 Å². The molecule has 0 bridgehead atoms. The molecule has 1 unspecified atom stereocenters. The number of rotatable bonds is 4. The summed E-state index contributed by atoms with van der Waals surface area (Å²) in [4.78, 5) is 4.63. The fourth-order valence-corrected chi connectivity index (χ4v) is 3.25. The van der Waals surface area contributed by atoms with Crippen molar-refractivity contribution in [2.75, 3.05) is 0 Å². The van der Waals surface area contributed by atoms with Crippen LogP contribution in [0, 0.1) is 5.92 Å². The molecule has 1 N–H and O–H groups in total. The minimum Gasteiger partial charge on any atom is -0.389 e. The molecule has 0 radical (unpaired) electrons. The summed E-state index contributed by atoms with van der Waals surface area (Å²) >= 11 is 1.65. The molecule has 3 heteroatoms. The lowest BCUT2D eigenvalue weighted by molar-refractivity contribution is 0.0372. The third-order valence-electron chi connectivity index (χ3n) is 3.59. The van der Waals surface area contributed by atoms with Crippen LogP contribution >= 0.6 is 11.3 Å². The highest BCUT2D eigenvalue weighted by atomic mass is 32.1. The van der Waals surface area contributed by atoms with Crippen molar-refractivity contribution < 1.29 is 5.11 Å². The lowest BCUT2D eigenvalue weighted by atomic mass is 9.97. The van der Waals surface area contributed by atoms with E-state index in [4.69, 9.17) is 0 Å². The zero-order valence-electron chi connectivity index (χ0n) is 10.5. The summed E-state index contributed by atoms with van der Waals surface area (Å²) in [5, 5.41) is 13.5. The van der Waals surface area contributed by atoms with Gasteiger partial charge in [-0.2, -0.15) is 0 Å². The molecule has 1 saturated carbocycles. The summed E-state index contributed by atoms with van der Waals surface area (Å²) in [6.45, 7) is 1.94. The lowest BCUT2D eigenvalue weighted by Gasteiger charge is -2.21. The van der Waals surface area contributed by atoms with E-state index in [9.17, 15) is 5.11 Å². The van der Waals surface area contributed by atoms with Crippen LogP contribution in [0.4, 0.5) is 0 Å². The van der Waals surface area contributed by atoms with Crippen molar-refractivity contribution >= 4 is 11.3 Å². The number of nitrogens with zero attached hydrogens (tertiary/aromatic N) is 1. The van der Waals surface area contributed by atoms with E-state index >= 15 is 0 Å². The molecule has 3 rings (SSSR count). The quantitative estimate of drug-likeness (QED) is 0.911. The second-order valence-corrected chi connectivity index (χ2v) is 6.24. The van der Waals surface area contributed by atoms with Gasteiger partial charge >= 0.3 is 0 Å². The maximum atomic E-state index is 10.4. The van der Waals surface area contributed by atoms with Gasteiger partial charge in [0.15, 0.2) is 0 Å². The van der Waals surface area contributed by atoms with Gasteiger partial charge in [-0.05, 0) is 25.7 Å². The summed E-state index contributed by atoms with van der Waals surface area (Å²) in [7, 11) is 0. The lowest BCUT2D eigenvalue weighted by Crippen LogP contribution is -2.29. The highest BCUT2D eigenvalue weighted by Crippen LogP contribution is 2.41. The molecular weight excluding hydrogens is 242 g/mol. The molecular formula is C15H17NOS. The molecule has 1 fully saturated rings. The molecule has 0 amide bonds. The molecule has 1 aromatic heterocycles. The van der Waals surface area contributed by atoms with Crippen molar-refractivity contribution in [2.24, 2.45) is 5.92 Å². The van der Waals surface area contributed by atoms with Crippen LogP contribution in [0.2, 0.25) is 0 Å². The Kier molecular flexibility index (Phi) is 2.96. The maximum Gasteiger partial charge on any atom is 0.0961 e. The Balaban J connectivity index is 1.78. The molecule has 1 aromatic carbocycles. The smallest absolute Gasteiger partial charge is 0.0961 e. The van der Waals surface area contributed by atoms with Crippen molar-refractivity contribution in [3.8, 4) is 11.3 Å². The van der Waals surface area contributed by atoms with Crippen LogP contribution in [-0.2, 0) is 6.42 Å². The van der Waals surface area contributed by atoms with E-state index in [2.05, 4.69) is 22.5 Å². The number of thiazole rings is 1. The molecule has 18 heavy (non-hydrogen) atoms. The Morgan fingerprint density at radius 1 is 1.33 bits per heavy atom.